The van der Waals surface area contributed by atoms with Crippen molar-refractivity contribution in [1.82, 2.24) is 9.55 Å². The van der Waals surface area contributed by atoms with Crippen LogP contribution in [0.25, 0.3) is 11.3 Å². The number of anilines is 2. The molecule has 4 rings (SSSR count). The number of benzene rings is 3. The van der Waals surface area contributed by atoms with E-state index in [1.165, 1.54) is 10.6 Å². The normalized spacial score (nSPS) is 10.6. The molecule has 1 amide bonds. The molecule has 5 heteroatoms. The smallest absolute Gasteiger partial charge is 0.254 e. The average molecular weight is 395 g/mol. The zero-order valence-electron chi connectivity index (χ0n) is 16.6. The fourth-order valence-electron chi connectivity index (χ4n) is 3.37. The quantitative estimate of drug-likeness (QED) is 0.497. The van der Waals surface area contributed by atoms with E-state index in [2.05, 4.69) is 4.98 Å². The van der Waals surface area contributed by atoms with Crippen LogP contribution < -0.4 is 10.5 Å². The van der Waals surface area contributed by atoms with Crippen molar-refractivity contribution in [2.24, 2.45) is 0 Å². The van der Waals surface area contributed by atoms with Gasteiger partial charge in [0.15, 0.2) is 0 Å². The molecule has 1 aromatic heterocycles. The second-order valence-electron chi connectivity index (χ2n) is 6.88. The molecule has 3 aromatic carbocycles. The van der Waals surface area contributed by atoms with Crippen molar-refractivity contribution in [2.75, 3.05) is 4.90 Å². The molecule has 0 saturated heterocycles. The lowest BCUT2D eigenvalue weighted by atomic mass is 10.1. The number of nitrogens with zero attached hydrogens (tertiary/aromatic N) is 3. The molecular weight excluding hydrogens is 374 g/mol. The van der Waals surface area contributed by atoms with Crippen LogP contribution in [0.15, 0.2) is 102 Å². The van der Waals surface area contributed by atoms with Gasteiger partial charge in [0.05, 0.1) is 5.69 Å². The summed E-state index contributed by atoms with van der Waals surface area (Å²) >= 11 is 0. The molecule has 30 heavy (non-hydrogen) atoms. The monoisotopic (exact) mass is 395 g/mol. The second-order valence-corrected chi connectivity index (χ2v) is 6.88. The number of hydrogen-bond acceptors (Lipinski definition) is 3. The van der Waals surface area contributed by atoms with Crippen molar-refractivity contribution in [1.29, 1.82) is 0 Å². The lowest BCUT2D eigenvalue weighted by Crippen LogP contribution is -2.34. The van der Waals surface area contributed by atoms with E-state index in [-0.39, 0.29) is 18.0 Å². The maximum atomic E-state index is 13.3. The highest BCUT2D eigenvalue weighted by atomic mass is 16.2. The summed E-state index contributed by atoms with van der Waals surface area (Å²) in [6.07, 6.45) is 0. The van der Waals surface area contributed by atoms with Crippen LogP contribution in [0.2, 0.25) is 0 Å². The Labute approximate surface area is 174 Å². The first-order chi connectivity index (χ1) is 14.6. The van der Waals surface area contributed by atoms with E-state index in [4.69, 9.17) is 0 Å². The first-order valence-corrected chi connectivity index (χ1v) is 9.70. The molecular formula is C25H21N3O2. The summed E-state index contributed by atoms with van der Waals surface area (Å²) in [6.45, 7) is 1.65. The van der Waals surface area contributed by atoms with Gasteiger partial charge in [-0.2, -0.15) is 0 Å². The number of rotatable bonds is 5. The highest BCUT2D eigenvalue weighted by Crippen LogP contribution is 2.25. The Balaban J connectivity index is 1.69. The van der Waals surface area contributed by atoms with Crippen LogP contribution >= 0.6 is 0 Å². The van der Waals surface area contributed by atoms with Crippen LogP contribution in [-0.2, 0) is 11.3 Å². The first kappa shape index (κ1) is 19.3. The fourth-order valence-corrected chi connectivity index (χ4v) is 3.37. The third-order valence-corrected chi connectivity index (χ3v) is 4.84. The highest BCUT2D eigenvalue weighted by Gasteiger charge is 2.20. The van der Waals surface area contributed by atoms with E-state index in [0.717, 1.165) is 16.9 Å². The number of amides is 1. The molecule has 0 bridgehead atoms. The van der Waals surface area contributed by atoms with Crippen LogP contribution in [0.4, 0.5) is 11.4 Å². The minimum Gasteiger partial charge on any atom is -0.287 e. The Kier molecular flexibility index (Phi) is 5.52. The summed E-state index contributed by atoms with van der Waals surface area (Å²) in [5, 5.41) is 0. The largest absolute Gasteiger partial charge is 0.287 e. The van der Waals surface area contributed by atoms with Gasteiger partial charge in [0.2, 0.25) is 0 Å². The minimum absolute atomic E-state index is 0.101. The van der Waals surface area contributed by atoms with Gasteiger partial charge in [0, 0.05) is 23.0 Å². The van der Waals surface area contributed by atoms with E-state index in [1.54, 1.807) is 11.8 Å². The molecule has 0 atom stereocenters. The van der Waals surface area contributed by atoms with E-state index in [0.29, 0.717) is 11.5 Å². The van der Waals surface area contributed by atoms with Gasteiger partial charge in [-0.15, -0.1) is 0 Å². The third-order valence-electron chi connectivity index (χ3n) is 4.84. The number of carbonyl (C=O) groups excluding carboxylic acids is 1. The molecule has 0 spiro atoms. The van der Waals surface area contributed by atoms with Crippen molar-refractivity contribution in [3.8, 4) is 11.3 Å². The zero-order chi connectivity index (χ0) is 20.9. The number of carbonyl (C=O) groups is 1. The number of para-hydroxylation sites is 2. The maximum absolute atomic E-state index is 13.3. The Morgan fingerprint density at radius 1 is 0.833 bits per heavy atom. The van der Waals surface area contributed by atoms with Gasteiger partial charge >= 0.3 is 0 Å². The molecule has 148 valence electrons. The van der Waals surface area contributed by atoms with E-state index in [1.807, 2.05) is 91.0 Å². The highest BCUT2D eigenvalue weighted by molar-refractivity contribution is 6.00. The van der Waals surface area contributed by atoms with Gasteiger partial charge in [-0.25, -0.2) is 4.98 Å². The summed E-state index contributed by atoms with van der Waals surface area (Å²) in [7, 11) is 0. The van der Waals surface area contributed by atoms with Crippen molar-refractivity contribution >= 4 is 17.3 Å². The first-order valence-electron chi connectivity index (χ1n) is 9.70. The van der Waals surface area contributed by atoms with Gasteiger partial charge in [-0.1, -0.05) is 66.7 Å². The molecule has 0 saturated carbocycles. The Bertz CT molecular complexity index is 1160. The lowest BCUT2D eigenvalue weighted by Gasteiger charge is -2.24. The molecule has 0 aliphatic rings. The molecule has 1 heterocycles. The number of aromatic nitrogens is 2. The van der Waals surface area contributed by atoms with Gasteiger partial charge in [-0.3, -0.25) is 19.1 Å². The standard InChI is InChI=1S/C25H21N3O2/c1-19-26-23(20-11-5-2-6-12-20)17-24(29)27(19)18-25(30)28(21-13-7-3-8-14-21)22-15-9-4-10-16-22/h2-17H,18H2,1H3. The molecule has 0 fully saturated rings. The zero-order valence-corrected chi connectivity index (χ0v) is 16.6. The number of aryl methyl sites for hydroxylation is 1. The van der Waals surface area contributed by atoms with Gasteiger partial charge in [0.25, 0.3) is 11.5 Å². The van der Waals surface area contributed by atoms with E-state index >= 15 is 0 Å². The third kappa shape index (κ3) is 4.05. The fraction of sp³-hybridized carbons (Fsp3) is 0.0800. The molecule has 0 aliphatic carbocycles. The van der Waals surface area contributed by atoms with Crippen LogP contribution in [0, 0.1) is 6.92 Å². The van der Waals surface area contributed by atoms with E-state index in [9.17, 15) is 9.59 Å². The van der Waals surface area contributed by atoms with Gasteiger partial charge in [0.1, 0.15) is 12.4 Å². The molecule has 0 aliphatic heterocycles. The summed E-state index contributed by atoms with van der Waals surface area (Å²) in [4.78, 5) is 32.3. The Hall–Kier alpha value is -3.99. The topological polar surface area (TPSA) is 55.2 Å². The van der Waals surface area contributed by atoms with Gasteiger partial charge in [-0.05, 0) is 31.2 Å². The minimum atomic E-state index is -0.254. The predicted molar refractivity (Wildman–Crippen MR) is 119 cm³/mol. The number of hydrogen-bond donors (Lipinski definition) is 0. The Morgan fingerprint density at radius 3 is 1.83 bits per heavy atom. The van der Waals surface area contributed by atoms with Crippen molar-refractivity contribution in [2.45, 2.75) is 13.5 Å². The molecule has 0 radical (unpaired) electrons. The Morgan fingerprint density at radius 2 is 1.33 bits per heavy atom. The lowest BCUT2D eigenvalue weighted by molar-refractivity contribution is -0.118. The summed E-state index contributed by atoms with van der Waals surface area (Å²) in [5.41, 5.74) is 2.70. The average Bonchev–Trinajstić information content (AvgIpc) is 2.78. The molecule has 0 N–H and O–H groups in total. The SMILES string of the molecule is Cc1nc(-c2ccccc2)cc(=O)n1CC(=O)N(c1ccccc1)c1ccccc1. The van der Waals surface area contributed by atoms with Crippen molar-refractivity contribution < 1.29 is 4.79 Å². The van der Waals surface area contributed by atoms with Crippen LogP contribution in [0.1, 0.15) is 5.82 Å². The van der Waals surface area contributed by atoms with Crippen molar-refractivity contribution in [3.05, 3.63) is 113 Å². The predicted octanol–water partition coefficient (Wildman–Crippen LogP) is 4.58. The van der Waals surface area contributed by atoms with Crippen LogP contribution in [0.3, 0.4) is 0 Å². The van der Waals surface area contributed by atoms with Crippen LogP contribution in [0.5, 0.6) is 0 Å². The van der Waals surface area contributed by atoms with Crippen molar-refractivity contribution in [3.63, 3.8) is 0 Å². The molecule has 0 unspecified atom stereocenters. The summed E-state index contributed by atoms with van der Waals surface area (Å²) < 4.78 is 1.41. The summed E-state index contributed by atoms with van der Waals surface area (Å²) in [6, 6.07) is 29.8. The van der Waals surface area contributed by atoms with Crippen LogP contribution in [-0.4, -0.2) is 15.5 Å². The molecule has 4 aromatic rings. The second kappa shape index (κ2) is 8.57. The van der Waals surface area contributed by atoms with E-state index < -0.39 is 0 Å². The molecule has 5 nitrogen and oxygen atoms in total. The maximum Gasteiger partial charge on any atom is 0.254 e. The van der Waals surface area contributed by atoms with Gasteiger partial charge < -0.3 is 0 Å². The summed E-state index contributed by atoms with van der Waals surface area (Å²) in [5.74, 6) is 0.280.